The van der Waals surface area contributed by atoms with Crippen molar-refractivity contribution in [2.24, 2.45) is 4.99 Å². The van der Waals surface area contributed by atoms with E-state index in [1.165, 1.54) is 23.5 Å². The topological polar surface area (TPSA) is 37.6 Å². The Hall–Kier alpha value is -2.25. The van der Waals surface area contributed by atoms with Gasteiger partial charge < -0.3 is 4.90 Å². The Bertz CT molecular complexity index is 1120. The van der Waals surface area contributed by atoms with Gasteiger partial charge in [0.15, 0.2) is 4.80 Å². The molecule has 0 atom stereocenters. The van der Waals surface area contributed by atoms with Crippen LogP contribution in [-0.2, 0) is 6.67 Å². The van der Waals surface area contributed by atoms with Gasteiger partial charge in [0, 0.05) is 10.2 Å². The second-order valence-electron chi connectivity index (χ2n) is 5.64. The first kappa shape index (κ1) is 16.2. The minimum absolute atomic E-state index is 0.0789. The molecule has 126 valence electrons. The molecule has 1 aromatic heterocycles. The number of fused-ring (bicyclic) bond motifs is 1. The number of thiazole rings is 1. The summed E-state index contributed by atoms with van der Waals surface area (Å²) in [5.41, 5.74) is 1.59. The molecule has 4 rings (SSSR count). The maximum absolute atomic E-state index is 13.4. The lowest BCUT2D eigenvalue weighted by atomic mass is 10.2. The highest BCUT2D eigenvalue weighted by molar-refractivity contribution is 9.10. The molecule has 1 aliphatic heterocycles. The van der Waals surface area contributed by atoms with E-state index in [9.17, 15) is 9.18 Å². The lowest BCUT2D eigenvalue weighted by molar-refractivity contribution is 0.565. The summed E-state index contributed by atoms with van der Waals surface area (Å²) in [6.45, 7) is 0.768. The minimum Gasteiger partial charge on any atom is -0.333 e. The van der Waals surface area contributed by atoms with Crippen LogP contribution < -0.4 is 19.8 Å². The molecule has 0 fully saturated rings. The monoisotopic (exact) mass is 417 g/mol. The fourth-order valence-corrected chi connectivity index (χ4v) is 4.07. The molecular formula is C18H13BrFN3OS. The SMILES string of the molecule is O=c1/c(=C/c2cccc(Br)c2)sc2n1CN(c1cccc(F)c1)CN=2. The van der Waals surface area contributed by atoms with Gasteiger partial charge in [0.2, 0.25) is 0 Å². The maximum atomic E-state index is 13.4. The highest BCUT2D eigenvalue weighted by atomic mass is 79.9. The van der Waals surface area contributed by atoms with E-state index in [4.69, 9.17) is 0 Å². The zero-order chi connectivity index (χ0) is 17.4. The number of aromatic nitrogens is 1. The Morgan fingerprint density at radius 1 is 1.20 bits per heavy atom. The van der Waals surface area contributed by atoms with Crippen molar-refractivity contribution in [1.82, 2.24) is 4.57 Å². The molecule has 0 radical (unpaired) electrons. The lowest BCUT2D eigenvalue weighted by Crippen LogP contribution is -2.42. The first-order valence-corrected chi connectivity index (χ1v) is 9.23. The van der Waals surface area contributed by atoms with Crippen LogP contribution in [0.2, 0.25) is 0 Å². The van der Waals surface area contributed by atoms with E-state index in [0.29, 0.717) is 28.4 Å². The molecule has 0 saturated heterocycles. The van der Waals surface area contributed by atoms with Gasteiger partial charge in [-0.05, 0) is 42.0 Å². The summed E-state index contributed by atoms with van der Waals surface area (Å²) >= 11 is 4.81. The Labute approximate surface area is 155 Å². The number of rotatable bonds is 2. The molecule has 0 spiro atoms. The summed E-state index contributed by atoms with van der Waals surface area (Å²) in [6.07, 6.45) is 1.87. The van der Waals surface area contributed by atoms with Crippen LogP contribution in [0.4, 0.5) is 10.1 Å². The molecule has 1 aliphatic rings. The van der Waals surface area contributed by atoms with Gasteiger partial charge in [0.1, 0.15) is 19.2 Å². The van der Waals surface area contributed by atoms with Crippen LogP contribution >= 0.6 is 27.3 Å². The highest BCUT2D eigenvalue weighted by Crippen LogP contribution is 2.17. The summed E-state index contributed by atoms with van der Waals surface area (Å²) in [4.78, 5) is 19.8. The van der Waals surface area contributed by atoms with Crippen molar-refractivity contribution in [2.45, 2.75) is 6.67 Å². The summed E-state index contributed by atoms with van der Waals surface area (Å²) in [5.74, 6) is -0.301. The third-order valence-electron chi connectivity index (χ3n) is 3.90. The van der Waals surface area contributed by atoms with Gasteiger partial charge >= 0.3 is 0 Å². The van der Waals surface area contributed by atoms with Crippen LogP contribution in [-0.4, -0.2) is 11.2 Å². The Morgan fingerprint density at radius 3 is 2.84 bits per heavy atom. The minimum atomic E-state index is -0.301. The molecule has 2 heterocycles. The van der Waals surface area contributed by atoms with Crippen molar-refractivity contribution < 1.29 is 4.39 Å². The van der Waals surface area contributed by atoms with E-state index in [-0.39, 0.29) is 11.4 Å². The van der Waals surface area contributed by atoms with Crippen LogP contribution in [0, 0.1) is 5.82 Å². The average molecular weight is 418 g/mol. The third kappa shape index (κ3) is 3.29. The van der Waals surface area contributed by atoms with Crippen molar-refractivity contribution in [3.05, 3.63) is 84.1 Å². The van der Waals surface area contributed by atoms with Gasteiger partial charge in [-0.3, -0.25) is 9.36 Å². The number of hydrogen-bond donors (Lipinski definition) is 0. The Balaban J connectivity index is 1.73. The predicted octanol–water partition coefficient (Wildman–Crippen LogP) is 2.70. The van der Waals surface area contributed by atoms with Gasteiger partial charge in [-0.1, -0.05) is 45.5 Å². The average Bonchev–Trinajstić information content (AvgIpc) is 2.90. The van der Waals surface area contributed by atoms with Gasteiger partial charge in [-0.25, -0.2) is 9.38 Å². The van der Waals surface area contributed by atoms with Crippen LogP contribution in [0.25, 0.3) is 6.08 Å². The smallest absolute Gasteiger partial charge is 0.271 e. The summed E-state index contributed by atoms with van der Waals surface area (Å²) in [7, 11) is 0. The predicted molar refractivity (Wildman–Crippen MR) is 101 cm³/mol. The number of hydrogen-bond acceptors (Lipinski definition) is 4. The van der Waals surface area contributed by atoms with Gasteiger partial charge in [0.25, 0.3) is 5.56 Å². The first-order chi connectivity index (χ1) is 12.1. The Kier molecular flexibility index (Phi) is 4.27. The quantitative estimate of drug-likeness (QED) is 0.642. The fraction of sp³-hybridized carbons (Fsp3) is 0.111. The molecule has 3 aromatic rings. The summed E-state index contributed by atoms with van der Waals surface area (Å²) < 4.78 is 16.7. The fourth-order valence-electron chi connectivity index (χ4n) is 2.70. The van der Waals surface area contributed by atoms with Crippen LogP contribution in [0.1, 0.15) is 5.56 Å². The molecule has 0 unspecified atom stereocenters. The molecule has 7 heteroatoms. The van der Waals surface area contributed by atoms with Crippen molar-refractivity contribution in [3.63, 3.8) is 0 Å². The lowest BCUT2D eigenvalue weighted by Gasteiger charge is -2.25. The molecular weight excluding hydrogens is 405 g/mol. The third-order valence-corrected chi connectivity index (χ3v) is 5.43. The number of anilines is 1. The van der Waals surface area contributed by atoms with E-state index >= 15 is 0 Å². The molecule has 4 nitrogen and oxygen atoms in total. The van der Waals surface area contributed by atoms with Crippen molar-refractivity contribution in [2.75, 3.05) is 11.6 Å². The second-order valence-corrected chi connectivity index (χ2v) is 7.57. The number of nitrogens with zero attached hydrogens (tertiary/aromatic N) is 3. The zero-order valence-electron chi connectivity index (χ0n) is 13.0. The van der Waals surface area contributed by atoms with E-state index in [1.54, 1.807) is 10.6 Å². The van der Waals surface area contributed by atoms with Crippen LogP contribution in [0.15, 0.2) is 62.8 Å². The zero-order valence-corrected chi connectivity index (χ0v) is 15.4. The van der Waals surface area contributed by atoms with Gasteiger partial charge in [-0.15, -0.1) is 0 Å². The standard InChI is InChI=1S/C18H13BrFN3OS/c19-13-4-1-3-12(7-13)8-16-17(24)23-11-22(10-21-18(23)25-16)15-6-2-5-14(20)9-15/h1-9H,10-11H2/b16-8-. The maximum Gasteiger partial charge on any atom is 0.271 e. The van der Waals surface area contributed by atoms with Crippen LogP contribution in [0.3, 0.4) is 0 Å². The van der Waals surface area contributed by atoms with E-state index < -0.39 is 0 Å². The van der Waals surface area contributed by atoms with Crippen molar-refractivity contribution >= 4 is 39.0 Å². The molecule has 0 N–H and O–H groups in total. The van der Waals surface area contributed by atoms with Crippen molar-refractivity contribution in [3.8, 4) is 0 Å². The molecule has 25 heavy (non-hydrogen) atoms. The normalized spacial score (nSPS) is 14.3. The van der Waals surface area contributed by atoms with Gasteiger partial charge in [0.05, 0.1) is 4.53 Å². The number of benzene rings is 2. The summed E-state index contributed by atoms with van der Waals surface area (Å²) in [5, 5.41) is 0. The van der Waals surface area contributed by atoms with E-state index in [2.05, 4.69) is 20.9 Å². The first-order valence-electron chi connectivity index (χ1n) is 7.62. The largest absolute Gasteiger partial charge is 0.333 e. The molecule has 2 aromatic carbocycles. The molecule has 0 aliphatic carbocycles. The highest BCUT2D eigenvalue weighted by Gasteiger charge is 2.16. The molecule has 0 amide bonds. The van der Waals surface area contributed by atoms with Gasteiger partial charge in [-0.2, -0.15) is 0 Å². The van der Waals surface area contributed by atoms with E-state index in [0.717, 1.165) is 10.0 Å². The van der Waals surface area contributed by atoms with Crippen LogP contribution in [0.5, 0.6) is 0 Å². The molecule has 0 saturated carbocycles. The van der Waals surface area contributed by atoms with E-state index in [1.807, 2.05) is 41.3 Å². The summed E-state index contributed by atoms with van der Waals surface area (Å²) in [6, 6.07) is 14.1. The second kappa shape index (κ2) is 6.57. The molecule has 0 bridgehead atoms. The van der Waals surface area contributed by atoms with Crippen molar-refractivity contribution in [1.29, 1.82) is 0 Å². The number of halogens is 2. The Morgan fingerprint density at radius 2 is 2.04 bits per heavy atom.